The van der Waals surface area contributed by atoms with Crippen molar-refractivity contribution in [2.24, 2.45) is 5.41 Å². The summed E-state index contributed by atoms with van der Waals surface area (Å²) in [5, 5.41) is 15.1. The van der Waals surface area contributed by atoms with Gasteiger partial charge in [-0.3, -0.25) is 0 Å². The molecule has 118 valence electrons. The van der Waals surface area contributed by atoms with Gasteiger partial charge in [-0.1, -0.05) is 37.3 Å². The van der Waals surface area contributed by atoms with Crippen LogP contribution in [-0.4, -0.2) is 31.9 Å². The van der Waals surface area contributed by atoms with Crippen molar-refractivity contribution in [3.63, 3.8) is 0 Å². The third kappa shape index (κ3) is 3.65. The molecule has 0 saturated carbocycles. The molecule has 0 amide bonds. The molecule has 1 aliphatic heterocycles. The maximum Gasteiger partial charge on any atom is 0.0961 e. The van der Waals surface area contributed by atoms with E-state index < -0.39 is 5.60 Å². The average Bonchev–Trinajstić information content (AvgIpc) is 2.53. The number of nitrogens with one attached hydrogen (secondary N) is 1. The van der Waals surface area contributed by atoms with Crippen LogP contribution in [0.5, 0.6) is 0 Å². The van der Waals surface area contributed by atoms with E-state index in [4.69, 9.17) is 4.74 Å². The van der Waals surface area contributed by atoms with Crippen molar-refractivity contribution in [1.29, 1.82) is 0 Å². The van der Waals surface area contributed by atoms with Crippen LogP contribution in [0.3, 0.4) is 0 Å². The van der Waals surface area contributed by atoms with Crippen molar-refractivity contribution in [2.45, 2.75) is 44.6 Å². The molecule has 2 rings (SSSR count). The highest BCUT2D eigenvalue weighted by molar-refractivity contribution is 5.26. The van der Waals surface area contributed by atoms with E-state index in [9.17, 15) is 5.11 Å². The van der Waals surface area contributed by atoms with E-state index in [1.54, 1.807) is 7.11 Å². The highest BCUT2D eigenvalue weighted by Crippen LogP contribution is 2.47. The Labute approximate surface area is 128 Å². The largest absolute Gasteiger partial charge is 0.385 e. The summed E-state index contributed by atoms with van der Waals surface area (Å²) in [6.07, 6.45) is 4.96. The number of hydrogen-bond acceptors (Lipinski definition) is 3. The van der Waals surface area contributed by atoms with Gasteiger partial charge in [0.15, 0.2) is 0 Å². The molecule has 0 spiro atoms. The fourth-order valence-electron chi connectivity index (χ4n) is 3.54. The van der Waals surface area contributed by atoms with Crippen molar-refractivity contribution in [3.05, 3.63) is 35.9 Å². The minimum atomic E-state index is -0.768. The van der Waals surface area contributed by atoms with Crippen LogP contribution in [0.25, 0.3) is 0 Å². The average molecular weight is 291 g/mol. The van der Waals surface area contributed by atoms with Crippen LogP contribution in [0.15, 0.2) is 30.3 Å². The molecular formula is C18H29NO2. The zero-order chi connectivity index (χ0) is 15.2. The number of ether oxygens (including phenoxy) is 1. The SMILES string of the molecule is COCCCCC(O)(c1ccccc1)C1(C)CCCNC1. The molecule has 1 heterocycles. The first-order valence-electron chi connectivity index (χ1n) is 8.10. The molecule has 1 aliphatic rings. The summed E-state index contributed by atoms with van der Waals surface area (Å²) in [4.78, 5) is 0. The summed E-state index contributed by atoms with van der Waals surface area (Å²) in [5.41, 5.74) is 0.170. The van der Waals surface area contributed by atoms with E-state index in [1.807, 2.05) is 18.2 Å². The van der Waals surface area contributed by atoms with Crippen molar-refractivity contribution in [2.75, 3.05) is 26.8 Å². The molecule has 0 aliphatic carbocycles. The van der Waals surface area contributed by atoms with E-state index in [0.717, 1.165) is 57.4 Å². The molecule has 3 heteroatoms. The molecule has 0 bridgehead atoms. The summed E-state index contributed by atoms with van der Waals surface area (Å²) in [7, 11) is 1.73. The van der Waals surface area contributed by atoms with E-state index in [-0.39, 0.29) is 5.41 Å². The van der Waals surface area contributed by atoms with Crippen molar-refractivity contribution < 1.29 is 9.84 Å². The lowest BCUT2D eigenvalue weighted by Crippen LogP contribution is -2.52. The lowest BCUT2D eigenvalue weighted by Gasteiger charge is -2.48. The Morgan fingerprint density at radius 1 is 1.29 bits per heavy atom. The van der Waals surface area contributed by atoms with Crippen LogP contribution < -0.4 is 5.32 Å². The van der Waals surface area contributed by atoms with Gasteiger partial charge < -0.3 is 15.2 Å². The van der Waals surface area contributed by atoms with E-state index in [2.05, 4.69) is 24.4 Å². The molecule has 1 fully saturated rings. The molecular weight excluding hydrogens is 262 g/mol. The minimum absolute atomic E-state index is 0.111. The van der Waals surface area contributed by atoms with Crippen molar-refractivity contribution in [3.8, 4) is 0 Å². The van der Waals surface area contributed by atoms with E-state index >= 15 is 0 Å². The summed E-state index contributed by atoms with van der Waals surface area (Å²) in [5.74, 6) is 0. The van der Waals surface area contributed by atoms with Crippen LogP contribution in [-0.2, 0) is 10.3 Å². The molecule has 1 aromatic rings. The Morgan fingerprint density at radius 3 is 2.67 bits per heavy atom. The van der Waals surface area contributed by atoms with E-state index in [1.165, 1.54) is 0 Å². The number of benzene rings is 1. The summed E-state index contributed by atoms with van der Waals surface area (Å²) >= 11 is 0. The van der Waals surface area contributed by atoms with Gasteiger partial charge in [-0.25, -0.2) is 0 Å². The Bertz CT molecular complexity index is 414. The third-order valence-corrected chi connectivity index (χ3v) is 4.98. The second kappa shape index (κ2) is 7.39. The predicted molar refractivity (Wildman–Crippen MR) is 86.3 cm³/mol. The zero-order valence-corrected chi connectivity index (χ0v) is 13.4. The lowest BCUT2D eigenvalue weighted by atomic mass is 9.64. The van der Waals surface area contributed by atoms with Crippen molar-refractivity contribution >= 4 is 0 Å². The van der Waals surface area contributed by atoms with Gasteiger partial charge in [0.25, 0.3) is 0 Å². The van der Waals surface area contributed by atoms with Crippen LogP contribution in [0.1, 0.15) is 44.6 Å². The third-order valence-electron chi connectivity index (χ3n) is 4.98. The van der Waals surface area contributed by atoms with Gasteiger partial charge >= 0.3 is 0 Å². The van der Waals surface area contributed by atoms with Crippen LogP contribution in [0.2, 0.25) is 0 Å². The summed E-state index contributed by atoms with van der Waals surface area (Å²) in [6.45, 7) is 4.93. The van der Waals surface area contributed by atoms with Gasteiger partial charge in [-0.05, 0) is 44.2 Å². The first kappa shape index (κ1) is 16.5. The number of hydrogen-bond donors (Lipinski definition) is 2. The maximum atomic E-state index is 11.6. The van der Waals surface area contributed by atoms with E-state index in [0.29, 0.717) is 0 Å². The zero-order valence-electron chi connectivity index (χ0n) is 13.4. The number of methoxy groups -OCH3 is 1. The summed E-state index contributed by atoms with van der Waals surface area (Å²) in [6, 6.07) is 10.2. The molecule has 0 radical (unpaired) electrons. The monoisotopic (exact) mass is 291 g/mol. The highest BCUT2D eigenvalue weighted by atomic mass is 16.5. The van der Waals surface area contributed by atoms with Gasteiger partial charge in [0.05, 0.1) is 5.60 Å². The molecule has 2 atom stereocenters. The molecule has 0 aromatic heterocycles. The Morgan fingerprint density at radius 2 is 2.05 bits per heavy atom. The fraction of sp³-hybridized carbons (Fsp3) is 0.667. The van der Waals surface area contributed by atoms with Gasteiger partial charge in [0.1, 0.15) is 0 Å². The molecule has 1 saturated heterocycles. The summed E-state index contributed by atoms with van der Waals surface area (Å²) < 4.78 is 5.14. The maximum absolute atomic E-state index is 11.6. The minimum Gasteiger partial charge on any atom is -0.385 e. The molecule has 2 N–H and O–H groups in total. The smallest absolute Gasteiger partial charge is 0.0961 e. The standard InChI is InChI=1S/C18H29NO2/c1-17(11-8-13-19-15-17)18(20,12-6-7-14-21-2)16-9-4-3-5-10-16/h3-5,9-10,19-20H,6-8,11-15H2,1-2H3. The quantitative estimate of drug-likeness (QED) is 0.759. The van der Waals surface area contributed by atoms with Crippen LogP contribution in [0.4, 0.5) is 0 Å². The highest BCUT2D eigenvalue weighted by Gasteiger charge is 2.47. The van der Waals surface area contributed by atoms with Gasteiger partial charge in [0, 0.05) is 25.7 Å². The van der Waals surface area contributed by atoms with Gasteiger partial charge in [-0.15, -0.1) is 0 Å². The topological polar surface area (TPSA) is 41.5 Å². The molecule has 21 heavy (non-hydrogen) atoms. The Balaban J connectivity index is 2.20. The second-order valence-electron chi connectivity index (χ2n) is 6.52. The lowest BCUT2D eigenvalue weighted by molar-refractivity contribution is -0.102. The first-order valence-corrected chi connectivity index (χ1v) is 8.10. The molecule has 3 nitrogen and oxygen atoms in total. The Kier molecular flexibility index (Phi) is 5.80. The normalized spacial score (nSPS) is 25.5. The molecule has 2 unspecified atom stereocenters. The van der Waals surface area contributed by atoms with Crippen LogP contribution in [0, 0.1) is 5.41 Å². The fourth-order valence-corrected chi connectivity index (χ4v) is 3.54. The van der Waals surface area contributed by atoms with Crippen LogP contribution >= 0.6 is 0 Å². The number of unbranched alkanes of at least 4 members (excludes halogenated alkanes) is 1. The number of piperidine rings is 1. The van der Waals surface area contributed by atoms with Gasteiger partial charge in [-0.2, -0.15) is 0 Å². The predicted octanol–water partition coefficient (Wildman–Crippen LogP) is 3.08. The Hall–Kier alpha value is -0.900. The second-order valence-corrected chi connectivity index (χ2v) is 6.52. The number of aliphatic hydroxyl groups is 1. The number of rotatable bonds is 7. The first-order chi connectivity index (χ1) is 10.1. The van der Waals surface area contributed by atoms with Gasteiger partial charge in [0.2, 0.25) is 0 Å². The van der Waals surface area contributed by atoms with Crippen molar-refractivity contribution in [1.82, 2.24) is 5.32 Å². The molecule has 1 aromatic carbocycles.